The second-order valence-corrected chi connectivity index (χ2v) is 4.47. The van der Waals surface area contributed by atoms with E-state index < -0.39 is 21.0 Å². The highest BCUT2D eigenvalue weighted by Crippen LogP contribution is 2.54. The molecule has 80 valence electrons. The monoisotopic (exact) mass is 356 g/mol. The predicted molar refractivity (Wildman–Crippen MR) is 42.3 cm³/mol. The molecule has 0 aliphatic heterocycles. The van der Waals surface area contributed by atoms with Crippen molar-refractivity contribution in [1.29, 1.82) is 0 Å². The van der Waals surface area contributed by atoms with Gasteiger partial charge in [0.1, 0.15) is 0 Å². The Balaban J connectivity index is 5.04. The van der Waals surface area contributed by atoms with E-state index >= 15 is 0 Å². The van der Waals surface area contributed by atoms with Gasteiger partial charge in [-0.25, -0.2) is 8.78 Å². The van der Waals surface area contributed by atoms with Crippen molar-refractivity contribution in [3.05, 3.63) is 0 Å². The third-order valence-electron chi connectivity index (χ3n) is 1.05. The molecule has 2 atom stereocenters. The number of hydrogen-bond donors (Lipinski definition) is 0. The Kier molecular flexibility index (Phi) is 4.01. The van der Waals surface area contributed by atoms with Crippen LogP contribution in [0.1, 0.15) is 0 Å². The summed E-state index contributed by atoms with van der Waals surface area (Å²) >= 11 is 6.95. The minimum absolute atomic E-state index is 1.34. The van der Waals surface area contributed by atoms with E-state index in [0.29, 0.717) is 0 Å². The third kappa shape index (κ3) is 2.44. The van der Waals surface area contributed by atoms with Gasteiger partial charge in [-0.05, 0) is 31.9 Å². The van der Waals surface area contributed by atoms with Crippen LogP contribution in [-0.4, -0.2) is 21.0 Å². The van der Waals surface area contributed by atoms with Gasteiger partial charge in [0, 0.05) is 0 Å². The van der Waals surface area contributed by atoms with Gasteiger partial charge in [-0.15, -0.1) is 0 Å². The van der Waals surface area contributed by atoms with Crippen molar-refractivity contribution in [2.75, 3.05) is 0 Å². The first-order valence-corrected chi connectivity index (χ1v) is 4.57. The molecular weight excluding hydrogens is 357 g/mol. The number of alkyl halides is 9. The van der Waals surface area contributed by atoms with Gasteiger partial charge in [0.25, 0.3) is 0 Å². The van der Waals surface area contributed by atoms with Gasteiger partial charge in [-0.2, -0.15) is 17.6 Å². The van der Waals surface area contributed by atoms with Gasteiger partial charge >= 0.3 is 15.3 Å². The second kappa shape index (κ2) is 3.77. The fourth-order valence-corrected chi connectivity index (χ4v) is 1.07. The maximum Gasteiger partial charge on any atom is 0.350 e. The largest absolute Gasteiger partial charge is 0.350 e. The van der Waals surface area contributed by atoms with E-state index in [4.69, 9.17) is 0 Å². The average molecular weight is 358 g/mol. The van der Waals surface area contributed by atoms with Crippen LogP contribution in [0.4, 0.5) is 26.3 Å². The standard InChI is InChI=1S/C4HBr2ClF6/c5-3(11,4(6,12)13)2(9,10)1(7)8/h1H. The molecule has 0 amide bonds. The molecular formula is C4HBr2ClF6. The first kappa shape index (κ1) is 13.8. The van der Waals surface area contributed by atoms with Crippen LogP contribution in [0, 0.1) is 0 Å². The number of hydrogen-bond acceptors (Lipinski definition) is 0. The normalized spacial score (nSPS) is 21.0. The Bertz CT molecular complexity index is 188. The van der Waals surface area contributed by atoms with Gasteiger partial charge in [-0.3, -0.25) is 0 Å². The summed E-state index contributed by atoms with van der Waals surface area (Å²) in [5, 5.41) is 0. The molecule has 13 heavy (non-hydrogen) atoms. The van der Waals surface area contributed by atoms with Crippen LogP contribution in [0.3, 0.4) is 0 Å². The Morgan fingerprint density at radius 1 is 1.00 bits per heavy atom. The number of rotatable bonds is 3. The third-order valence-corrected chi connectivity index (χ3v) is 3.43. The maximum absolute atomic E-state index is 12.7. The van der Waals surface area contributed by atoms with Crippen LogP contribution >= 0.6 is 43.5 Å². The quantitative estimate of drug-likeness (QED) is 0.524. The molecule has 0 aliphatic carbocycles. The highest BCUT2D eigenvalue weighted by atomic mass is 79.9. The predicted octanol–water partition coefficient (Wildman–Crippen LogP) is 4.20. The van der Waals surface area contributed by atoms with E-state index in [0.717, 1.165) is 0 Å². The lowest BCUT2D eigenvalue weighted by molar-refractivity contribution is -0.172. The zero-order chi connectivity index (χ0) is 11.1. The minimum Gasteiger partial charge on any atom is -0.223 e. The van der Waals surface area contributed by atoms with Crippen LogP contribution in [-0.2, 0) is 0 Å². The van der Waals surface area contributed by atoms with Gasteiger partial charge in [0.05, 0.1) is 0 Å². The summed E-state index contributed by atoms with van der Waals surface area (Å²) in [5.41, 5.74) is -3.57. The molecule has 0 aromatic heterocycles. The summed E-state index contributed by atoms with van der Waals surface area (Å²) < 4.78 is 69.0. The van der Waals surface area contributed by atoms with E-state index in [1.165, 1.54) is 31.9 Å². The summed E-state index contributed by atoms with van der Waals surface area (Å²) in [6.07, 6.45) is 0. The molecule has 0 saturated heterocycles. The SMILES string of the molecule is FC(Cl)C(F)(F)C(F)(Br)C(F)(F)Br. The minimum atomic E-state index is -5.07. The van der Waals surface area contributed by atoms with Crippen LogP contribution in [0.15, 0.2) is 0 Å². The van der Waals surface area contributed by atoms with Crippen molar-refractivity contribution in [2.24, 2.45) is 0 Å². The highest BCUT2D eigenvalue weighted by Gasteiger charge is 2.71. The van der Waals surface area contributed by atoms with Crippen molar-refractivity contribution in [3.8, 4) is 0 Å². The Hall–Kier alpha value is 0.830. The van der Waals surface area contributed by atoms with E-state index in [1.54, 1.807) is 0 Å². The van der Waals surface area contributed by atoms with Crippen molar-refractivity contribution < 1.29 is 26.3 Å². The molecule has 0 N–H and O–H groups in total. The second-order valence-electron chi connectivity index (χ2n) is 2.00. The van der Waals surface area contributed by atoms with E-state index in [1.807, 2.05) is 0 Å². The molecule has 2 unspecified atom stereocenters. The van der Waals surface area contributed by atoms with Crippen molar-refractivity contribution in [1.82, 2.24) is 0 Å². The zero-order valence-corrected chi connectivity index (χ0v) is 9.41. The molecule has 0 rings (SSSR count). The molecule has 0 nitrogen and oxygen atoms in total. The smallest absolute Gasteiger partial charge is 0.223 e. The van der Waals surface area contributed by atoms with Crippen LogP contribution in [0.25, 0.3) is 0 Å². The summed E-state index contributed by atoms with van der Waals surface area (Å²) in [6.45, 7) is 0. The van der Waals surface area contributed by atoms with Crippen molar-refractivity contribution in [2.45, 2.75) is 21.0 Å². The van der Waals surface area contributed by atoms with Crippen LogP contribution in [0.2, 0.25) is 0 Å². The molecule has 0 saturated carbocycles. The molecule has 0 aromatic carbocycles. The molecule has 0 aromatic rings. The van der Waals surface area contributed by atoms with E-state index in [2.05, 4.69) is 11.6 Å². The van der Waals surface area contributed by atoms with Gasteiger partial charge in [0.2, 0.25) is 5.63 Å². The molecule has 0 aliphatic rings. The summed E-state index contributed by atoms with van der Waals surface area (Å²) in [6, 6.07) is 0. The van der Waals surface area contributed by atoms with E-state index in [9.17, 15) is 26.3 Å². The Morgan fingerprint density at radius 2 is 1.31 bits per heavy atom. The van der Waals surface area contributed by atoms with Gasteiger partial charge in [0.15, 0.2) is 0 Å². The lowest BCUT2D eigenvalue weighted by Gasteiger charge is -2.31. The van der Waals surface area contributed by atoms with Gasteiger partial charge < -0.3 is 0 Å². The van der Waals surface area contributed by atoms with Crippen LogP contribution < -0.4 is 0 Å². The lowest BCUT2D eigenvalue weighted by Crippen LogP contribution is -2.53. The average Bonchev–Trinajstić information content (AvgIpc) is 1.84. The summed E-state index contributed by atoms with van der Waals surface area (Å²) in [5.74, 6) is -5.07. The first-order chi connectivity index (χ1) is 5.44. The number of halogens is 9. The molecule has 0 fully saturated rings. The summed E-state index contributed by atoms with van der Waals surface area (Å²) in [7, 11) is 0. The maximum atomic E-state index is 12.7. The fourth-order valence-electron chi connectivity index (χ4n) is 0.326. The zero-order valence-electron chi connectivity index (χ0n) is 5.48. The van der Waals surface area contributed by atoms with Crippen molar-refractivity contribution in [3.63, 3.8) is 0 Å². The molecule has 0 spiro atoms. The van der Waals surface area contributed by atoms with Crippen LogP contribution in [0.5, 0.6) is 0 Å². The Morgan fingerprint density at radius 3 is 1.38 bits per heavy atom. The first-order valence-electron chi connectivity index (χ1n) is 2.55. The molecule has 0 heterocycles. The summed E-state index contributed by atoms with van der Waals surface area (Å²) in [4.78, 5) is -4.65. The lowest BCUT2D eigenvalue weighted by atomic mass is 10.2. The molecule has 9 heteroatoms. The Labute approximate surface area is 90.9 Å². The fraction of sp³-hybridized carbons (Fsp3) is 1.00. The van der Waals surface area contributed by atoms with Crippen molar-refractivity contribution >= 4 is 43.5 Å². The highest BCUT2D eigenvalue weighted by molar-refractivity contribution is 9.12. The topological polar surface area (TPSA) is 0 Å². The van der Waals surface area contributed by atoms with Gasteiger partial charge in [-0.1, -0.05) is 11.6 Å². The molecule has 0 radical (unpaired) electrons. The molecule has 0 bridgehead atoms. The van der Waals surface area contributed by atoms with E-state index in [-0.39, 0.29) is 0 Å².